The van der Waals surface area contributed by atoms with Crippen LogP contribution in [0.1, 0.15) is 17.2 Å². The van der Waals surface area contributed by atoms with Gasteiger partial charge in [-0.2, -0.15) is 0 Å². The van der Waals surface area contributed by atoms with Crippen LogP contribution in [0.15, 0.2) is 84.4 Å². The first-order valence-electron chi connectivity index (χ1n) is 9.27. The van der Waals surface area contributed by atoms with Crippen LogP contribution in [0, 0.1) is 5.82 Å². The van der Waals surface area contributed by atoms with E-state index in [0.717, 1.165) is 0 Å². The maximum absolute atomic E-state index is 13.5. The SMILES string of the molecule is COc1ccc(N2C(=O)C(=O)C(=C(O)c3ccccc3)C2c2ccc(F)cc2)cc1. The van der Waals surface area contributed by atoms with E-state index in [1.165, 1.54) is 36.3 Å². The van der Waals surface area contributed by atoms with Gasteiger partial charge < -0.3 is 9.84 Å². The van der Waals surface area contributed by atoms with E-state index in [9.17, 15) is 19.1 Å². The van der Waals surface area contributed by atoms with Crippen LogP contribution in [0.4, 0.5) is 10.1 Å². The van der Waals surface area contributed by atoms with Gasteiger partial charge in [0.05, 0.1) is 18.7 Å². The van der Waals surface area contributed by atoms with Gasteiger partial charge in [-0.15, -0.1) is 0 Å². The summed E-state index contributed by atoms with van der Waals surface area (Å²) in [5, 5.41) is 10.9. The second-order valence-corrected chi connectivity index (χ2v) is 6.78. The van der Waals surface area contributed by atoms with E-state index in [1.54, 1.807) is 54.6 Å². The van der Waals surface area contributed by atoms with Crippen molar-refractivity contribution in [3.8, 4) is 5.75 Å². The molecular formula is C24H18FNO4. The van der Waals surface area contributed by atoms with Gasteiger partial charge >= 0.3 is 0 Å². The molecule has 0 saturated carbocycles. The molecule has 0 bridgehead atoms. The summed E-state index contributed by atoms with van der Waals surface area (Å²) in [6, 6.07) is 19.8. The first kappa shape index (κ1) is 19.4. The minimum Gasteiger partial charge on any atom is -0.507 e. The number of nitrogens with zero attached hydrogens (tertiary/aromatic N) is 1. The lowest BCUT2D eigenvalue weighted by Gasteiger charge is -2.25. The highest BCUT2D eigenvalue weighted by Crippen LogP contribution is 2.42. The van der Waals surface area contributed by atoms with Crippen molar-refractivity contribution in [3.05, 3.63) is 101 Å². The molecule has 1 amide bonds. The highest BCUT2D eigenvalue weighted by atomic mass is 19.1. The molecule has 6 heteroatoms. The number of hydrogen-bond acceptors (Lipinski definition) is 4. The number of methoxy groups -OCH3 is 1. The average molecular weight is 403 g/mol. The summed E-state index contributed by atoms with van der Waals surface area (Å²) in [4.78, 5) is 27.3. The molecule has 150 valence electrons. The molecule has 1 N–H and O–H groups in total. The predicted molar refractivity (Wildman–Crippen MR) is 111 cm³/mol. The van der Waals surface area contributed by atoms with E-state index in [-0.39, 0.29) is 11.3 Å². The smallest absolute Gasteiger partial charge is 0.300 e. The number of halogens is 1. The predicted octanol–water partition coefficient (Wildman–Crippen LogP) is 4.46. The molecule has 0 spiro atoms. The van der Waals surface area contributed by atoms with Gasteiger partial charge in [-0.25, -0.2) is 4.39 Å². The Morgan fingerprint density at radius 2 is 1.57 bits per heavy atom. The Labute approximate surface area is 172 Å². The lowest BCUT2D eigenvalue weighted by molar-refractivity contribution is -0.132. The zero-order valence-corrected chi connectivity index (χ0v) is 16.1. The molecule has 1 saturated heterocycles. The molecular weight excluding hydrogens is 385 g/mol. The molecule has 3 aromatic rings. The maximum atomic E-state index is 13.5. The topological polar surface area (TPSA) is 66.8 Å². The molecule has 1 aliphatic rings. The molecule has 4 rings (SSSR count). The van der Waals surface area contributed by atoms with Gasteiger partial charge in [0.25, 0.3) is 11.7 Å². The summed E-state index contributed by atoms with van der Waals surface area (Å²) in [5.74, 6) is -1.70. The zero-order valence-electron chi connectivity index (χ0n) is 16.1. The Balaban J connectivity index is 1.92. The van der Waals surface area contributed by atoms with Crippen molar-refractivity contribution in [2.24, 2.45) is 0 Å². The number of Topliss-reactive ketones (excluding diaryl/α,β-unsaturated/α-hetero) is 1. The van der Waals surface area contributed by atoms with E-state index in [2.05, 4.69) is 0 Å². The van der Waals surface area contributed by atoms with Crippen LogP contribution < -0.4 is 9.64 Å². The lowest BCUT2D eigenvalue weighted by Crippen LogP contribution is -2.29. The molecule has 3 aromatic carbocycles. The Hall–Kier alpha value is -3.93. The second kappa shape index (κ2) is 7.83. The molecule has 1 fully saturated rings. The highest BCUT2D eigenvalue weighted by molar-refractivity contribution is 6.51. The number of ether oxygens (including phenoxy) is 1. The van der Waals surface area contributed by atoms with Gasteiger partial charge in [-0.3, -0.25) is 14.5 Å². The molecule has 0 aromatic heterocycles. The molecule has 5 nitrogen and oxygen atoms in total. The van der Waals surface area contributed by atoms with Crippen molar-refractivity contribution >= 4 is 23.1 Å². The fraction of sp³-hybridized carbons (Fsp3) is 0.0833. The Kier molecular flexibility index (Phi) is 5.06. The molecule has 1 aliphatic heterocycles. The number of hydrogen-bond donors (Lipinski definition) is 1. The summed E-state index contributed by atoms with van der Waals surface area (Å²) >= 11 is 0. The summed E-state index contributed by atoms with van der Waals surface area (Å²) in [7, 11) is 1.53. The summed E-state index contributed by atoms with van der Waals surface area (Å²) in [5.41, 5.74) is 1.33. The van der Waals surface area contributed by atoms with Gasteiger partial charge in [-0.05, 0) is 42.0 Å². The van der Waals surface area contributed by atoms with Crippen LogP contribution in [0.5, 0.6) is 5.75 Å². The molecule has 0 radical (unpaired) electrons. The van der Waals surface area contributed by atoms with Gasteiger partial charge in [0, 0.05) is 11.3 Å². The van der Waals surface area contributed by atoms with Crippen LogP contribution in [0.3, 0.4) is 0 Å². The molecule has 1 unspecified atom stereocenters. The fourth-order valence-electron chi connectivity index (χ4n) is 3.55. The minimum absolute atomic E-state index is 0.0476. The van der Waals surface area contributed by atoms with E-state index in [1.807, 2.05) is 0 Å². The van der Waals surface area contributed by atoms with Crippen LogP contribution in [0.2, 0.25) is 0 Å². The number of aliphatic hydroxyl groups excluding tert-OH is 1. The van der Waals surface area contributed by atoms with Gasteiger partial charge in [-0.1, -0.05) is 42.5 Å². The number of anilines is 1. The standard InChI is InChI=1S/C24H18FNO4/c1-30-19-13-11-18(12-14-19)26-21(15-7-9-17(25)10-8-15)20(23(28)24(26)29)22(27)16-5-3-2-4-6-16/h2-14,21,27H,1H3. The number of rotatable bonds is 4. The van der Waals surface area contributed by atoms with E-state index >= 15 is 0 Å². The number of ketones is 1. The van der Waals surface area contributed by atoms with E-state index in [4.69, 9.17) is 4.74 Å². The zero-order chi connectivity index (χ0) is 21.3. The lowest BCUT2D eigenvalue weighted by atomic mass is 9.95. The van der Waals surface area contributed by atoms with Crippen LogP contribution in [-0.4, -0.2) is 23.9 Å². The van der Waals surface area contributed by atoms with E-state index < -0.39 is 23.5 Å². The largest absolute Gasteiger partial charge is 0.507 e. The molecule has 0 aliphatic carbocycles. The Bertz CT molecular complexity index is 1120. The number of aliphatic hydroxyl groups is 1. The van der Waals surface area contributed by atoms with Crippen LogP contribution in [0.25, 0.3) is 5.76 Å². The van der Waals surface area contributed by atoms with Crippen molar-refractivity contribution in [2.75, 3.05) is 12.0 Å². The van der Waals surface area contributed by atoms with Gasteiger partial charge in [0.15, 0.2) is 0 Å². The number of amides is 1. The summed E-state index contributed by atoms with van der Waals surface area (Å²) in [6.07, 6.45) is 0. The fourth-order valence-corrected chi connectivity index (χ4v) is 3.55. The normalized spacial score (nSPS) is 17.9. The second-order valence-electron chi connectivity index (χ2n) is 6.78. The van der Waals surface area contributed by atoms with Crippen LogP contribution in [-0.2, 0) is 9.59 Å². The number of carbonyl (C=O) groups is 2. The van der Waals surface area contributed by atoms with Crippen molar-refractivity contribution < 1.29 is 23.8 Å². The van der Waals surface area contributed by atoms with Crippen molar-refractivity contribution in [2.45, 2.75) is 6.04 Å². The third kappa shape index (κ3) is 3.33. The third-order valence-corrected chi connectivity index (χ3v) is 5.03. The summed E-state index contributed by atoms with van der Waals surface area (Å²) < 4.78 is 18.7. The molecule has 30 heavy (non-hydrogen) atoms. The highest BCUT2D eigenvalue weighted by Gasteiger charge is 2.46. The third-order valence-electron chi connectivity index (χ3n) is 5.03. The average Bonchev–Trinajstić information content (AvgIpc) is 3.05. The quantitative estimate of drug-likeness (QED) is 0.397. The van der Waals surface area contributed by atoms with Crippen molar-refractivity contribution in [1.82, 2.24) is 0 Å². The first-order chi connectivity index (χ1) is 14.5. The Morgan fingerprint density at radius 1 is 0.933 bits per heavy atom. The van der Waals surface area contributed by atoms with Crippen molar-refractivity contribution in [1.29, 1.82) is 0 Å². The Morgan fingerprint density at radius 3 is 2.17 bits per heavy atom. The van der Waals surface area contributed by atoms with Gasteiger partial charge in [0.1, 0.15) is 17.3 Å². The van der Waals surface area contributed by atoms with Gasteiger partial charge in [0.2, 0.25) is 0 Å². The van der Waals surface area contributed by atoms with Crippen LogP contribution >= 0.6 is 0 Å². The molecule has 1 atom stereocenters. The number of carbonyl (C=O) groups excluding carboxylic acids is 2. The van der Waals surface area contributed by atoms with E-state index in [0.29, 0.717) is 22.6 Å². The maximum Gasteiger partial charge on any atom is 0.300 e. The minimum atomic E-state index is -0.904. The number of benzene rings is 3. The van der Waals surface area contributed by atoms with Crippen molar-refractivity contribution in [3.63, 3.8) is 0 Å². The summed E-state index contributed by atoms with van der Waals surface area (Å²) in [6.45, 7) is 0. The molecule has 1 heterocycles. The first-order valence-corrected chi connectivity index (χ1v) is 9.27. The monoisotopic (exact) mass is 403 g/mol.